The lowest BCUT2D eigenvalue weighted by atomic mass is 9.72. The van der Waals surface area contributed by atoms with Crippen LogP contribution in [0, 0.1) is 35.0 Å². The summed E-state index contributed by atoms with van der Waals surface area (Å²) in [7, 11) is 7.37. The molecule has 14 nitrogen and oxygen atoms in total. The van der Waals surface area contributed by atoms with Crippen molar-refractivity contribution >= 4 is 22.4 Å². The number of aromatic nitrogens is 1. The quantitative estimate of drug-likeness (QED) is 0.282. The maximum atomic E-state index is 14.7. The van der Waals surface area contributed by atoms with Crippen LogP contribution in [-0.2, 0) is 34.9 Å². The van der Waals surface area contributed by atoms with Gasteiger partial charge in [-0.05, 0) is 90.6 Å². The van der Waals surface area contributed by atoms with Crippen LogP contribution in [0.15, 0.2) is 29.6 Å². The second kappa shape index (κ2) is 19.3. The standard InChI is InChI=1S/C43H67N5O9S/c1-24-18-42(6,52)31(22-54-40-36(49)34(47(8)9)16-25(2)55-40)26(3)37(57-35-19-43(7,53-11)38(50)28(5)56-35)27(4)39(51)45-32(17-29-12-14-30(20-44)15-13-29)33-23-58-41(46-33)48(10)21-24/h12-15,23-28,31-32,34-38,40,49-50,52H,16-19,21-22H2,1-11H3,(H,45,51)/t24-,25-,26-,27-,28+,31-,32+,34+,35+,36-,37+,38+,40-,42-,43-/m1/s1. The van der Waals surface area contributed by atoms with Gasteiger partial charge < -0.3 is 54.1 Å². The van der Waals surface area contributed by atoms with Crippen LogP contribution in [0.1, 0.15) is 90.6 Å². The van der Waals surface area contributed by atoms with Gasteiger partial charge in [0.2, 0.25) is 5.91 Å². The highest BCUT2D eigenvalue weighted by molar-refractivity contribution is 7.13. The second-order valence-electron chi connectivity index (χ2n) is 17.9. The van der Waals surface area contributed by atoms with E-state index in [2.05, 4.69) is 23.2 Å². The van der Waals surface area contributed by atoms with E-state index < -0.39 is 72.0 Å². The summed E-state index contributed by atoms with van der Waals surface area (Å²) in [6, 6.07) is 8.79. The summed E-state index contributed by atoms with van der Waals surface area (Å²) in [6.07, 6.45) is -3.59. The van der Waals surface area contributed by atoms with Crippen LogP contribution >= 0.6 is 11.3 Å². The third-order valence-electron chi connectivity index (χ3n) is 12.7. The lowest BCUT2D eigenvalue weighted by Gasteiger charge is -2.48. The zero-order valence-corrected chi connectivity index (χ0v) is 36.9. The predicted octanol–water partition coefficient (Wildman–Crippen LogP) is 4.26. The zero-order valence-electron chi connectivity index (χ0n) is 36.1. The van der Waals surface area contributed by atoms with Gasteiger partial charge in [0.1, 0.15) is 12.2 Å². The Bertz CT molecular complexity index is 1690. The maximum absolute atomic E-state index is 14.7. The van der Waals surface area contributed by atoms with Gasteiger partial charge in [0.15, 0.2) is 17.7 Å². The van der Waals surface area contributed by atoms with Crippen LogP contribution < -0.4 is 10.2 Å². The molecule has 15 atom stereocenters. The minimum Gasteiger partial charge on any atom is -0.390 e. The minimum atomic E-state index is -1.34. The molecular formula is C43H67N5O9S. The lowest BCUT2D eigenvalue weighted by molar-refractivity contribution is -0.300. The molecule has 2 fully saturated rings. The summed E-state index contributed by atoms with van der Waals surface area (Å²) in [5.74, 6) is -2.20. The molecule has 58 heavy (non-hydrogen) atoms. The first-order chi connectivity index (χ1) is 27.3. The molecule has 3 aliphatic heterocycles. The van der Waals surface area contributed by atoms with Gasteiger partial charge in [-0.15, -0.1) is 11.3 Å². The van der Waals surface area contributed by atoms with E-state index in [-0.39, 0.29) is 37.0 Å². The Hall–Kier alpha value is -2.75. The number of nitriles is 1. The molecule has 0 unspecified atom stereocenters. The SMILES string of the molecule is CO[C@]1(C)C[C@H](O[C@H]2[C@H](C)[C@@H](CO[C@@H]3O[C@H](C)C[C@H](N(C)C)[C@H]3O)[C@](C)(O)C[C@@H](C)CN(C)c3nc(cs3)[C@H](Cc3ccc(C#N)cc3)NC(=O)[C@@H]2C)O[C@@H](C)[C@@H]1O. The van der Waals surface area contributed by atoms with Crippen LogP contribution in [-0.4, -0.2) is 133 Å². The summed E-state index contributed by atoms with van der Waals surface area (Å²) in [4.78, 5) is 23.8. The number of hydrogen-bond donors (Lipinski definition) is 4. The molecule has 2 bridgehead atoms. The van der Waals surface area contributed by atoms with Crippen LogP contribution in [0.4, 0.5) is 5.13 Å². The Morgan fingerprint density at radius 3 is 2.43 bits per heavy atom. The second-order valence-corrected chi connectivity index (χ2v) is 18.7. The van der Waals surface area contributed by atoms with Crippen molar-refractivity contribution in [1.82, 2.24) is 15.2 Å². The van der Waals surface area contributed by atoms with Gasteiger partial charge in [-0.1, -0.05) is 32.9 Å². The van der Waals surface area contributed by atoms with E-state index in [0.717, 1.165) is 10.7 Å². The molecule has 1 amide bonds. The number of amides is 1. The van der Waals surface area contributed by atoms with Crippen LogP contribution in [0.25, 0.3) is 0 Å². The van der Waals surface area contributed by atoms with Gasteiger partial charge in [0.25, 0.3) is 0 Å². The van der Waals surface area contributed by atoms with E-state index in [4.69, 9.17) is 28.7 Å². The number of aliphatic hydroxyl groups excluding tert-OH is 2. The average Bonchev–Trinajstić information content (AvgIpc) is 3.67. The number of nitrogens with zero attached hydrogens (tertiary/aromatic N) is 4. The Labute approximate surface area is 348 Å². The Morgan fingerprint density at radius 2 is 1.79 bits per heavy atom. The smallest absolute Gasteiger partial charge is 0.226 e. The van der Waals surface area contributed by atoms with Crippen LogP contribution in [0.2, 0.25) is 0 Å². The van der Waals surface area contributed by atoms with Crippen molar-refractivity contribution in [3.05, 3.63) is 46.5 Å². The van der Waals surface area contributed by atoms with Gasteiger partial charge in [-0.2, -0.15) is 5.26 Å². The number of benzene rings is 1. The topological polar surface area (TPSA) is 179 Å². The molecule has 1 aromatic carbocycles. The fourth-order valence-corrected chi connectivity index (χ4v) is 10.0. The van der Waals surface area contributed by atoms with Crippen molar-refractivity contribution in [3.8, 4) is 6.07 Å². The van der Waals surface area contributed by atoms with E-state index in [9.17, 15) is 25.4 Å². The lowest BCUT2D eigenvalue weighted by Crippen LogP contribution is -2.58. The molecule has 4 heterocycles. The van der Waals surface area contributed by atoms with E-state index in [0.29, 0.717) is 37.1 Å². The molecule has 15 heteroatoms. The molecule has 0 radical (unpaired) electrons. The number of thiazole rings is 1. The first kappa shape index (κ1) is 46.3. The van der Waals surface area contributed by atoms with Gasteiger partial charge in [0, 0.05) is 44.5 Å². The van der Waals surface area contributed by atoms with Gasteiger partial charge in [-0.25, -0.2) is 4.98 Å². The predicted molar refractivity (Wildman–Crippen MR) is 221 cm³/mol. The largest absolute Gasteiger partial charge is 0.390 e. The van der Waals surface area contributed by atoms with Crippen LogP contribution in [0.3, 0.4) is 0 Å². The molecule has 1 aromatic heterocycles. The number of methoxy groups -OCH3 is 1. The highest BCUT2D eigenvalue weighted by Gasteiger charge is 2.50. The first-order valence-electron chi connectivity index (χ1n) is 20.6. The van der Waals surface area contributed by atoms with Gasteiger partial charge in [0.05, 0.1) is 65.4 Å². The highest BCUT2D eigenvalue weighted by Crippen LogP contribution is 2.41. The first-order valence-corrected chi connectivity index (χ1v) is 21.5. The number of fused-ring (bicyclic) bond motifs is 2. The van der Waals surface area contributed by atoms with Crippen molar-refractivity contribution in [1.29, 1.82) is 5.26 Å². The fraction of sp³-hybridized carbons (Fsp3) is 0.744. The third kappa shape index (κ3) is 10.8. The number of likely N-dealkylation sites (N-methyl/N-ethyl adjacent to an activating group) is 1. The Morgan fingerprint density at radius 1 is 1.10 bits per heavy atom. The summed E-state index contributed by atoms with van der Waals surface area (Å²) in [5.41, 5.74) is -0.121. The summed E-state index contributed by atoms with van der Waals surface area (Å²) in [5, 5.41) is 50.5. The zero-order chi connectivity index (χ0) is 42.7. The van der Waals surface area contributed by atoms with E-state index in [1.54, 1.807) is 26.2 Å². The fourth-order valence-electron chi connectivity index (χ4n) is 9.18. The van der Waals surface area contributed by atoms with Gasteiger partial charge >= 0.3 is 0 Å². The van der Waals surface area contributed by atoms with Crippen molar-refractivity contribution in [3.63, 3.8) is 0 Å². The highest BCUT2D eigenvalue weighted by atomic mass is 32.1. The third-order valence-corrected chi connectivity index (χ3v) is 13.7. The van der Waals surface area contributed by atoms with E-state index >= 15 is 0 Å². The number of hydrogen-bond acceptors (Lipinski definition) is 14. The van der Waals surface area contributed by atoms with E-state index in [1.807, 2.05) is 78.2 Å². The number of ether oxygens (including phenoxy) is 5. The number of anilines is 1. The Kier molecular flexibility index (Phi) is 15.4. The molecule has 0 saturated carbocycles. The molecule has 5 rings (SSSR count). The average molecular weight is 830 g/mol. The monoisotopic (exact) mass is 829 g/mol. The molecule has 0 aliphatic carbocycles. The minimum absolute atomic E-state index is 0.000683. The Balaban J connectivity index is 1.55. The van der Waals surface area contributed by atoms with Gasteiger partial charge in [-0.3, -0.25) is 4.79 Å². The summed E-state index contributed by atoms with van der Waals surface area (Å²) < 4.78 is 31.6. The normalized spacial score (nSPS) is 39.4. The van der Waals surface area contributed by atoms with E-state index in [1.165, 1.54) is 11.3 Å². The molecule has 4 N–H and O–H groups in total. The van der Waals surface area contributed by atoms with Crippen molar-refractivity contribution in [2.24, 2.45) is 23.7 Å². The maximum Gasteiger partial charge on any atom is 0.226 e. The number of aliphatic hydroxyl groups is 3. The number of nitrogens with one attached hydrogen (secondary N) is 1. The summed E-state index contributed by atoms with van der Waals surface area (Å²) >= 11 is 1.49. The molecule has 0 spiro atoms. The van der Waals surface area contributed by atoms with Crippen molar-refractivity contribution < 1.29 is 43.8 Å². The molecular weight excluding hydrogens is 763 g/mol. The molecule has 2 saturated heterocycles. The number of rotatable bonds is 9. The number of carbonyl (C=O) groups is 1. The van der Waals surface area contributed by atoms with Crippen molar-refractivity contribution in [2.75, 3.05) is 46.3 Å². The molecule has 3 aliphatic rings. The van der Waals surface area contributed by atoms with Crippen molar-refractivity contribution in [2.45, 2.75) is 141 Å². The molecule has 2 aromatic rings. The van der Waals surface area contributed by atoms with Crippen LogP contribution in [0.5, 0.6) is 0 Å². The number of carbonyl (C=O) groups excluding carboxylic acids is 1. The summed E-state index contributed by atoms with van der Waals surface area (Å²) in [6.45, 7) is 13.8. The molecule has 324 valence electrons.